The van der Waals surface area contributed by atoms with Crippen LogP contribution in [-0.4, -0.2) is 35.7 Å². The number of halogens is 1. The fourth-order valence-electron chi connectivity index (χ4n) is 2.47. The topological polar surface area (TPSA) is 125 Å². The third kappa shape index (κ3) is 6.02. The standard InChI is InChI=1S/C20H19ClN2O7/c1-3-29-18-7-5-13(12(2)24)8-15(18)11-30-19(25)10-22-20(26)14-4-6-16(21)17(9-14)23(27)28/h4-9H,3,10-11H2,1-2H3,(H,22,26). The number of ketones is 1. The van der Waals surface area contributed by atoms with Gasteiger partial charge >= 0.3 is 5.97 Å². The van der Waals surface area contributed by atoms with E-state index < -0.39 is 29.0 Å². The predicted molar refractivity (Wildman–Crippen MR) is 108 cm³/mol. The molecule has 0 spiro atoms. The van der Waals surface area contributed by atoms with Crippen LogP contribution in [-0.2, 0) is 16.1 Å². The lowest BCUT2D eigenvalue weighted by molar-refractivity contribution is -0.384. The quantitative estimate of drug-likeness (QED) is 0.277. The van der Waals surface area contributed by atoms with Gasteiger partial charge in [-0.2, -0.15) is 0 Å². The maximum absolute atomic E-state index is 12.1. The first kappa shape index (κ1) is 22.8. The van der Waals surface area contributed by atoms with Crippen molar-refractivity contribution in [2.45, 2.75) is 20.5 Å². The number of amides is 1. The van der Waals surface area contributed by atoms with E-state index in [4.69, 9.17) is 21.1 Å². The van der Waals surface area contributed by atoms with E-state index in [0.717, 1.165) is 6.07 Å². The number of nitro groups is 1. The molecule has 0 aromatic heterocycles. The van der Waals surface area contributed by atoms with Crippen LogP contribution in [0.1, 0.15) is 40.1 Å². The third-order valence-corrected chi connectivity index (χ3v) is 4.27. The van der Waals surface area contributed by atoms with Gasteiger partial charge in [0.25, 0.3) is 11.6 Å². The Morgan fingerprint density at radius 2 is 1.83 bits per heavy atom. The van der Waals surface area contributed by atoms with Crippen LogP contribution in [0, 0.1) is 10.1 Å². The van der Waals surface area contributed by atoms with Crippen LogP contribution in [0.4, 0.5) is 5.69 Å². The highest BCUT2D eigenvalue weighted by atomic mass is 35.5. The summed E-state index contributed by atoms with van der Waals surface area (Å²) in [5, 5.41) is 13.1. The van der Waals surface area contributed by atoms with Crippen molar-refractivity contribution in [2.75, 3.05) is 13.2 Å². The summed E-state index contributed by atoms with van der Waals surface area (Å²) in [6.07, 6.45) is 0. The number of hydrogen-bond acceptors (Lipinski definition) is 7. The van der Waals surface area contributed by atoms with E-state index in [2.05, 4.69) is 5.32 Å². The van der Waals surface area contributed by atoms with Crippen molar-refractivity contribution in [3.05, 3.63) is 68.2 Å². The maximum Gasteiger partial charge on any atom is 0.325 e. The first-order valence-corrected chi connectivity index (χ1v) is 9.25. The van der Waals surface area contributed by atoms with Crippen molar-refractivity contribution in [3.63, 3.8) is 0 Å². The molecule has 0 heterocycles. The Bertz CT molecular complexity index is 991. The van der Waals surface area contributed by atoms with Gasteiger partial charge in [-0.15, -0.1) is 0 Å². The zero-order valence-electron chi connectivity index (χ0n) is 16.3. The average Bonchev–Trinajstić information content (AvgIpc) is 2.71. The molecule has 0 aliphatic heterocycles. The molecule has 0 radical (unpaired) electrons. The van der Waals surface area contributed by atoms with E-state index in [9.17, 15) is 24.5 Å². The number of hydrogen-bond donors (Lipinski definition) is 1. The van der Waals surface area contributed by atoms with E-state index >= 15 is 0 Å². The van der Waals surface area contributed by atoms with E-state index in [1.165, 1.54) is 19.1 Å². The Morgan fingerprint density at radius 3 is 2.47 bits per heavy atom. The second-order valence-electron chi connectivity index (χ2n) is 6.08. The fourth-order valence-corrected chi connectivity index (χ4v) is 2.65. The molecule has 30 heavy (non-hydrogen) atoms. The molecule has 0 atom stereocenters. The van der Waals surface area contributed by atoms with Gasteiger partial charge in [0, 0.05) is 22.8 Å². The summed E-state index contributed by atoms with van der Waals surface area (Å²) in [7, 11) is 0. The van der Waals surface area contributed by atoms with Crippen LogP contribution in [0.5, 0.6) is 5.75 Å². The first-order chi connectivity index (χ1) is 14.2. The van der Waals surface area contributed by atoms with Gasteiger partial charge in [0.2, 0.25) is 0 Å². The molecule has 0 aliphatic carbocycles. The highest BCUT2D eigenvalue weighted by Crippen LogP contribution is 2.25. The van der Waals surface area contributed by atoms with E-state index in [1.807, 2.05) is 0 Å². The molecule has 2 aromatic rings. The number of benzene rings is 2. The molecule has 2 rings (SSSR count). The SMILES string of the molecule is CCOc1ccc(C(C)=O)cc1COC(=O)CNC(=O)c1ccc(Cl)c([N+](=O)[O-])c1. The molecule has 9 nitrogen and oxygen atoms in total. The van der Waals surface area contributed by atoms with Crippen LogP contribution in [0.2, 0.25) is 5.02 Å². The number of nitrogens with one attached hydrogen (secondary N) is 1. The van der Waals surface area contributed by atoms with E-state index in [1.54, 1.807) is 25.1 Å². The van der Waals surface area contributed by atoms with Crippen molar-refractivity contribution in [3.8, 4) is 5.75 Å². The summed E-state index contributed by atoms with van der Waals surface area (Å²) >= 11 is 5.71. The van der Waals surface area contributed by atoms with Gasteiger partial charge in [-0.1, -0.05) is 11.6 Å². The number of nitro benzene ring substituents is 1. The molecule has 0 saturated carbocycles. The average molecular weight is 435 g/mol. The molecular formula is C20H19ClN2O7. The Morgan fingerprint density at radius 1 is 1.13 bits per heavy atom. The number of rotatable bonds is 9. The van der Waals surface area contributed by atoms with Gasteiger partial charge in [0.15, 0.2) is 5.78 Å². The summed E-state index contributed by atoms with van der Waals surface area (Å²) in [4.78, 5) is 45.9. The smallest absolute Gasteiger partial charge is 0.325 e. The largest absolute Gasteiger partial charge is 0.493 e. The molecule has 10 heteroatoms. The fraction of sp³-hybridized carbons (Fsp3) is 0.250. The molecule has 2 aromatic carbocycles. The zero-order valence-corrected chi connectivity index (χ0v) is 17.0. The monoisotopic (exact) mass is 434 g/mol. The lowest BCUT2D eigenvalue weighted by Gasteiger charge is -2.12. The number of carbonyl (C=O) groups excluding carboxylic acids is 3. The van der Waals surface area contributed by atoms with Gasteiger partial charge in [0.1, 0.15) is 23.9 Å². The second kappa shape index (κ2) is 10.4. The summed E-state index contributed by atoms with van der Waals surface area (Å²) in [6, 6.07) is 8.36. The predicted octanol–water partition coefficient (Wildman–Crippen LogP) is 3.32. The van der Waals surface area contributed by atoms with Gasteiger partial charge in [-0.05, 0) is 44.2 Å². The number of ether oxygens (including phenoxy) is 2. The molecule has 0 bridgehead atoms. The normalized spacial score (nSPS) is 10.2. The van der Waals surface area contributed by atoms with Crippen molar-refractivity contribution >= 4 is 34.9 Å². The summed E-state index contributed by atoms with van der Waals surface area (Å²) in [5.41, 5.74) is 0.520. The summed E-state index contributed by atoms with van der Waals surface area (Å²) < 4.78 is 10.6. The lowest BCUT2D eigenvalue weighted by Crippen LogP contribution is -2.30. The Labute approximate surface area is 177 Å². The number of carbonyl (C=O) groups is 3. The molecule has 1 amide bonds. The molecule has 1 N–H and O–H groups in total. The highest BCUT2D eigenvalue weighted by molar-refractivity contribution is 6.32. The number of Topliss-reactive ketones (excluding diaryl/α,β-unsaturated/α-hetero) is 1. The third-order valence-electron chi connectivity index (χ3n) is 3.95. The van der Waals surface area contributed by atoms with E-state index in [-0.39, 0.29) is 23.0 Å². The maximum atomic E-state index is 12.1. The number of esters is 1. The van der Waals surface area contributed by atoms with Gasteiger partial charge in [0.05, 0.1) is 11.5 Å². The molecular weight excluding hydrogens is 416 g/mol. The van der Waals surface area contributed by atoms with Crippen LogP contribution in [0.15, 0.2) is 36.4 Å². The zero-order chi connectivity index (χ0) is 22.3. The minimum absolute atomic E-state index is 0.0216. The minimum atomic E-state index is -0.734. The highest BCUT2D eigenvalue weighted by Gasteiger charge is 2.17. The summed E-state index contributed by atoms with van der Waals surface area (Å²) in [6.45, 7) is 3.00. The van der Waals surface area contributed by atoms with Crippen molar-refractivity contribution < 1.29 is 28.8 Å². The Balaban J connectivity index is 1.98. The number of nitrogens with zero attached hydrogens (tertiary/aromatic N) is 1. The molecule has 0 unspecified atom stereocenters. The van der Waals surface area contributed by atoms with Crippen molar-refractivity contribution in [2.24, 2.45) is 0 Å². The van der Waals surface area contributed by atoms with Crippen LogP contribution >= 0.6 is 11.6 Å². The van der Waals surface area contributed by atoms with Crippen molar-refractivity contribution in [1.82, 2.24) is 5.32 Å². The molecule has 0 fully saturated rings. The molecule has 0 aliphatic rings. The Kier molecular flexibility index (Phi) is 7.88. The molecule has 0 saturated heterocycles. The van der Waals surface area contributed by atoms with E-state index in [0.29, 0.717) is 23.5 Å². The van der Waals surface area contributed by atoms with Crippen LogP contribution in [0.25, 0.3) is 0 Å². The molecule has 158 valence electrons. The van der Waals surface area contributed by atoms with Gasteiger partial charge in [-0.25, -0.2) is 0 Å². The first-order valence-electron chi connectivity index (χ1n) is 8.87. The minimum Gasteiger partial charge on any atom is -0.493 e. The van der Waals surface area contributed by atoms with Crippen LogP contribution < -0.4 is 10.1 Å². The summed E-state index contributed by atoms with van der Waals surface area (Å²) in [5.74, 6) is -1.09. The van der Waals surface area contributed by atoms with Crippen molar-refractivity contribution in [1.29, 1.82) is 0 Å². The van der Waals surface area contributed by atoms with Crippen LogP contribution in [0.3, 0.4) is 0 Å². The Hall–Kier alpha value is -3.46. The second-order valence-corrected chi connectivity index (χ2v) is 6.49. The lowest BCUT2D eigenvalue weighted by atomic mass is 10.1. The van der Waals surface area contributed by atoms with Gasteiger partial charge in [-0.3, -0.25) is 24.5 Å². The van der Waals surface area contributed by atoms with Gasteiger partial charge < -0.3 is 14.8 Å².